The topological polar surface area (TPSA) is 74.4 Å². The third-order valence-corrected chi connectivity index (χ3v) is 6.81. The number of allylic oxidation sites excluding steroid dienone is 2. The van der Waals surface area contributed by atoms with E-state index >= 15 is 0 Å². The van der Waals surface area contributed by atoms with Crippen LogP contribution in [0.25, 0.3) is 0 Å². The fourth-order valence-electron chi connectivity index (χ4n) is 4.84. The second kappa shape index (κ2) is 10.6. The molecule has 6 nitrogen and oxygen atoms in total. The molecular formula is C27H37O6P. The quantitative estimate of drug-likeness (QED) is 0.185. The minimum Gasteiger partial charge on any atom is -0.496 e. The molecule has 0 radical (unpaired) electrons. The third kappa shape index (κ3) is 6.49. The number of hydrogen-bond donors (Lipinski definition) is 0. The minimum atomic E-state index is -1.08. The van der Waals surface area contributed by atoms with Gasteiger partial charge in [0.1, 0.15) is 35.9 Å². The Labute approximate surface area is 205 Å². The van der Waals surface area contributed by atoms with Crippen molar-refractivity contribution < 1.29 is 28.5 Å². The molecule has 1 aromatic rings. The number of ether oxygens (including phenoxy) is 4. The summed E-state index contributed by atoms with van der Waals surface area (Å²) in [4.78, 5) is 27.0. The average Bonchev–Trinajstić information content (AvgIpc) is 3.55. The molecule has 0 amide bonds. The lowest BCUT2D eigenvalue weighted by atomic mass is 9.80. The standard InChI is InChI=1S/C27H37O6P/c1-17(13-26(2,3)4)14-27(34,25(29)32-16-18-9-7-12-22-24(18)33-22)15-19(28)23-20(30-5)10-8-11-21(23)31-6/h7-12,17,22,24H,13-16,34H2,1-6H3. The summed E-state index contributed by atoms with van der Waals surface area (Å²) in [6.45, 7) is 8.79. The Balaban J connectivity index is 1.82. The van der Waals surface area contributed by atoms with Crippen molar-refractivity contribution in [2.24, 2.45) is 11.3 Å². The number of rotatable bonds is 11. The van der Waals surface area contributed by atoms with Crippen LogP contribution in [0.4, 0.5) is 0 Å². The highest BCUT2D eigenvalue weighted by atomic mass is 31.0. The number of fused-ring (bicyclic) bond motifs is 1. The predicted molar refractivity (Wildman–Crippen MR) is 136 cm³/mol. The van der Waals surface area contributed by atoms with Gasteiger partial charge in [0.2, 0.25) is 0 Å². The van der Waals surface area contributed by atoms with Gasteiger partial charge in [0.15, 0.2) is 5.78 Å². The number of carbonyl (C=O) groups is 2. The number of hydrogen-bond acceptors (Lipinski definition) is 6. The zero-order valence-corrected chi connectivity index (χ0v) is 22.2. The van der Waals surface area contributed by atoms with Crippen LogP contribution in [0.15, 0.2) is 42.0 Å². The van der Waals surface area contributed by atoms with Gasteiger partial charge in [-0.15, -0.1) is 9.24 Å². The number of epoxide rings is 1. The van der Waals surface area contributed by atoms with Crippen LogP contribution < -0.4 is 9.47 Å². The molecule has 0 N–H and O–H groups in total. The average molecular weight is 489 g/mol. The lowest BCUT2D eigenvalue weighted by Crippen LogP contribution is -2.39. The van der Waals surface area contributed by atoms with E-state index in [-0.39, 0.29) is 42.4 Å². The van der Waals surface area contributed by atoms with Crippen molar-refractivity contribution in [1.29, 1.82) is 0 Å². The van der Waals surface area contributed by atoms with Gasteiger partial charge in [-0.2, -0.15) is 0 Å². The van der Waals surface area contributed by atoms with Crippen LogP contribution >= 0.6 is 9.24 Å². The van der Waals surface area contributed by atoms with Gasteiger partial charge in [-0.25, -0.2) is 0 Å². The normalized spacial score (nSPS) is 21.6. The zero-order valence-electron chi connectivity index (χ0n) is 21.1. The van der Waals surface area contributed by atoms with Gasteiger partial charge in [-0.05, 0) is 41.9 Å². The molecule has 1 fully saturated rings. The van der Waals surface area contributed by atoms with Crippen LogP contribution in [0.2, 0.25) is 0 Å². The summed E-state index contributed by atoms with van der Waals surface area (Å²) in [5.41, 5.74) is 1.38. The monoisotopic (exact) mass is 488 g/mol. The number of ketones is 1. The molecule has 7 heteroatoms. The molecule has 34 heavy (non-hydrogen) atoms. The molecule has 186 valence electrons. The van der Waals surface area contributed by atoms with E-state index in [4.69, 9.17) is 18.9 Å². The molecule has 0 aromatic heterocycles. The number of carbonyl (C=O) groups excluding carboxylic acids is 2. The predicted octanol–water partition coefficient (Wildman–Crippen LogP) is 5.16. The molecule has 0 bridgehead atoms. The van der Waals surface area contributed by atoms with Crippen molar-refractivity contribution in [3.05, 3.63) is 47.6 Å². The molecule has 1 heterocycles. The van der Waals surface area contributed by atoms with E-state index in [1.807, 2.05) is 18.2 Å². The maximum Gasteiger partial charge on any atom is 0.316 e. The van der Waals surface area contributed by atoms with Crippen molar-refractivity contribution in [2.75, 3.05) is 20.8 Å². The van der Waals surface area contributed by atoms with Gasteiger partial charge in [-0.3, -0.25) is 9.59 Å². The molecule has 0 saturated carbocycles. The highest BCUT2D eigenvalue weighted by Crippen LogP contribution is 2.40. The zero-order chi connectivity index (χ0) is 25.1. The lowest BCUT2D eigenvalue weighted by Gasteiger charge is -2.32. The Hall–Kier alpha value is -2.17. The summed E-state index contributed by atoms with van der Waals surface area (Å²) < 4.78 is 22.2. The first-order chi connectivity index (χ1) is 16.0. The molecule has 1 saturated heterocycles. The van der Waals surface area contributed by atoms with E-state index in [2.05, 4.69) is 36.9 Å². The van der Waals surface area contributed by atoms with Gasteiger partial charge in [0, 0.05) is 6.42 Å². The Morgan fingerprint density at radius 1 is 1.12 bits per heavy atom. The van der Waals surface area contributed by atoms with Gasteiger partial charge < -0.3 is 18.9 Å². The third-order valence-electron chi connectivity index (χ3n) is 6.13. The van der Waals surface area contributed by atoms with Gasteiger partial charge in [0.05, 0.1) is 19.4 Å². The summed E-state index contributed by atoms with van der Waals surface area (Å²) in [7, 11) is 5.67. The second-order valence-corrected chi connectivity index (χ2v) is 11.7. The smallest absolute Gasteiger partial charge is 0.316 e. The van der Waals surface area contributed by atoms with Gasteiger partial charge in [-0.1, -0.05) is 52.0 Å². The van der Waals surface area contributed by atoms with Crippen LogP contribution in [-0.2, 0) is 14.3 Å². The summed E-state index contributed by atoms with van der Waals surface area (Å²) in [6, 6.07) is 5.20. The van der Waals surface area contributed by atoms with Crippen LogP contribution in [-0.4, -0.2) is 49.9 Å². The molecule has 1 aliphatic heterocycles. The maximum absolute atomic E-state index is 13.5. The molecule has 1 aromatic carbocycles. The van der Waals surface area contributed by atoms with Crippen molar-refractivity contribution in [3.63, 3.8) is 0 Å². The van der Waals surface area contributed by atoms with E-state index in [1.54, 1.807) is 18.2 Å². The van der Waals surface area contributed by atoms with Crippen molar-refractivity contribution in [1.82, 2.24) is 0 Å². The molecule has 5 unspecified atom stereocenters. The summed E-state index contributed by atoms with van der Waals surface area (Å²) in [6.07, 6.45) is 7.30. The Morgan fingerprint density at radius 2 is 1.76 bits per heavy atom. The van der Waals surface area contributed by atoms with Crippen molar-refractivity contribution in [3.8, 4) is 11.5 Å². The Bertz CT molecular complexity index is 954. The van der Waals surface area contributed by atoms with E-state index in [1.165, 1.54) is 14.2 Å². The molecule has 3 rings (SSSR count). The van der Waals surface area contributed by atoms with E-state index in [0.29, 0.717) is 23.5 Å². The van der Waals surface area contributed by atoms with Crippen molar-refractivity contribution >= 4 is 21.0 Å². The first-order valence-electron chi connectivity index (χ1n) is 11.7. The highest BCUT2D eigenvalue weighted by Gasteiger charge is 2.44. The molecule has 1 aliphatic carbocycles. The lowest BCUT2D eigenvalue weighted by molar-refractivity contribution is -0.146. The Kier molecular flexibility index (Phi) is 8.26. The van der Waals surface area contributed by atoms with Crippen molar-refractivity contribution in [2.45, 2.75) is 64.3 Å². The summed E-state index contributed by atoms with van der Waals surface area (Å²) in [5, 5.41) is -1.08. The molecular weight excluding hydrogens is 451 g/mol. The first kappa shape index (κ1) is 26.4. The number of methoxy groups -OCH3 is 2. The van der Waals surface area contributed by atoms with Crippen LogP contribution in [0.1, 0.15) is 57.3 Å². The summed E-state index contributed by atoms with van der Waals surface area (Å²) in [5.74, 6) is 0.404. The Morgan fingerprint density at radius 3 is 2.35 bits per heavy atom. The SMILES string of the molecule is COc1cccc(OC)c1C(=O)CC(P)(CC(C)CC(C)(C)C)C(=O)OCC1=CC=CC2OC12. The first-order valence-corrected chi connectivity index (χ1v) is 12.3. The number of benzene rings is 1. The van der Waals surface area contributed by atoms with E-state index in [9.17, 15) is 9.59 Å². The largest absolute Gasteiger partial charge is 0.496 e. The van der Waals surface area contributed by atoms with Gasteiger partial charge >= 0.3 is 5.97 Å². The second-order valence-electron chi connectivity index (χ2n) is 10.6. The maximum atomic E-state index is 13.5. The number of Topliss-reactive ketones (excluding diaryl/α,β-unsaturated/α-hetero) is 1. The fraction of sp³-hybridized carbons (Fsp3) is 0.556. The molecule has 2 aliphatic rings. The van der Waals surface area contributed by atoms with E-state index < -0.39 is 11.1 Å². The van der Waals surface area contributed by atoms with Crippen LogP contribution in [0, 0.1) is 11.3 Å². The van der Waals surface area contributed by atoms with Gasteiger partial charge in [0.25, 0.3) is 0 Å². The molecule has 0 spiro atoms. The van der Waals surface area contributed by atoms with Crippen LogP contribution in [0.3, 0.4) is 0 Å². The highest BCUT2D eigenvalue weighted by molar-refractivity contribution is 7.21. The summed E-state index contributed by atoms with van der Waals surface area (Å²) >= 11 is 0. The fourth-order valence-corrected chi connectivity index (χ4v) is 5.51. The van der Waals surface area contributed by atoms with E-state index in [0.717, 1.165) is 12.0 Å². The minimum absolute atomic E-state index is 0.00371. The number of esters is 1. The molecule has 5 atom stereocenters. The van der Waals surface area contributed by atoms with Crippen LogP contribution in [0.5, 0.6) is 11.5 Å².